The summed E-state index contributed by atoms with van der Waals surface area (Å²) in [5, 5.41) is 2.61. The van der Waals surface area contributed by atoms with Gasteiger partial charge in [0.2, 0.25) is 0 Å². The van der Waals surface area contributed by atoms with Crippen LogP contribution < -0.4 is 5.73 Å². The standard InChI is InChI=1S/C19H24N2/c20-19(13-21(16-10-11-16)12-14-8-9-14)18-7-3-5-15-4-1-2-6-17(15)18/h1-7,14,16,19H,8-13,20H2. The third-order valence-corrected chi connectivity index (χ3v) is 4.91. The van der Waals surface area contributed by atoms with Gasteiger partial charge in [-0.3, -0.25) is 4.90 Å². The number of rotatable bonds is 6. The predicted octanol–water partition coefficient (Wildman–Crippen LogP) is 3.71. The first kappa shape index (κ1) is 13.3. The molecule has 4 rings (SSSR count). The van der Waals surface area contributed by atoms with Crippen molar-refractivity contribution >= 4 is 10.8 Å². The zero-order chi connectivity index (χ0) is 14.2. The van der Waals surface area contributed by atoms with Gasteiger partial charge in [0.25, 0.3) is 0 Å². The second-order valence-electron chi connectivity index (χ2n) is 6.80. The smallest absolute Gasteiger partial charge is 0.0430 e. The van der Waals surface area contributed by atoms with Gasteiger partial charge in [0.1, 0.15) is 0 Å². The predicted molar refractivity (Wildman–Crippen MR) is 88.2 cm³/mol. The van der Waals surface area contributed by atoms with E-state index in [4.69, 9.17) is 5.73 Å². The number of benzene rings is 2. The van der Waals surface area contributed by atoms with Gasteiger partial charge in [-0.05, 0) is 47.9 Å². The molecule has 0 bridgehead atoms. The Balaban J connectivity index is 1.55. The number of hydrogen-bond donors (Lipinski definition) is 1. The molecule has 0 radical (unpaired) electrons. The van der Waals surface area contributed by atoms with Crippen molar-refractivity contribution in [2.24, 2.45) is 11.7 Å². The van der Waals surface area contributed by atoms with Crippen molar-refractivity contribution in [1.82, 2.24) is 4.90 Å². The van der Waals surface area contributed by atoms with Crippen LogP contribution in [0.15, 0.2) is 42.5 Å². The summed E-state index contributed by atoms with van der Waals surface area (Å²) < 4.78 is 0. The van der Waals surface area contributed by atoms with Gasteiger partial charge in [0.05, 0.1) is 0 Å². The lowest BCUT2D eigenvalue weighted by Crippen LogP contribution is -2.35. The maximum Gasteiger partial charge on any atom is 0.0430 e. The summed E-state index contributed by atoms with van der Waals surface area (Å²) in [6.45, 7) is 2.28. The largest absolute Gasteiger partial charge is 0.323 e. The fraction of sp³-hybridized carbons (Fsp3) is 0.474. The SMILES string of the molecule is NC(CN(CC1CC1)C1CC1)c1cccc2ccccc12. The summed E-state index contributed by atoms with van der Waals surface area (Å²) >= 11 is 0. The van der Waals surface area contributed by atoms with E-state index in [-0.39, 0.29) is 6.04 Å². The van der Waals surface area contributed by atoms with Crippen LogP contribution in [0.4, 0.5) is 0 Å². The van der Waals surface area contributed by atoms with Gasteiger partial charge < -0.3 is 5.73 Å². The molecule has 2 aromatic carbocycles. The first-order valence-corrected chi connectivity index (χ1v) is 8.28. The van der Waals surface area contributed by atoms with E-state index in [9.17, 15) is 0 Å². The van der Waals surface area contributed by atoms with Crippen molar-refractivity contribution in [2.75, 3.05) is 13.1 Å². The van der Waals surface area contributed by atoms with E-state index in [0.29, 0.717) is 0 Å². The molecule has 2 heteroatoms. The highest BCUT2D eigenvalue weighted by Crippen LogP contribution is 2.36. The summed E-state index contributed by atoms with van der Waals surface area (Å²) in [5.41, 5.74) is 7.88. The highest BCUT2D eigenvalue weighted by Gasteiger charge is 2.34. The first-order valence-electron chi connectivity index (χ1n) is 8.28. The van der Waals surface area contributed by atoms with E-state index in [1.54, 1.807) is 0 Å². The summed E-state index contributed by atoms with van der Waals surface area (Å²) in [4.78, 5) is 2.66. The third kappa shape index (κ3) is 2.97. The minimum absolute atomic E-state index is 0.121. The van der Waals surface area contributed by atoms with Crippen LogP contribution in [0.3, 0.4) is 0 Å². The van der Waals surface area contributed by atoms with Gasteiger partial charge >= 0.3 is 0 Å². The number of fused-ring (bicyclic) bond motifs is 1. The quantitative estimate of drug-likeness (QED) is 0.874. The molecular formula is C19H24N2. The van der Waals surface area contributed by atoms with E-state index in [2.05, 4.69) is 47.4 Å². The molecule has 0 amide bonds. The molecule has 1 unspecified atom stereocenters. The Labute approximate surface area is 126 Å². The Bertz CT molecular complexity index is 623. The van der Waals surface area contributed by atoms with E-state index >= 15 is 0 Å². The van der Waals surface area contributed by atoms with Gasteiger partial charge in [0.15, 0.2) is 0 Å². The van der Waals surface area contributed by atoms with E-state index in [1.807, 2.05) is 0 Å². The maximum atomic E-state index is 6.58. The first-order chi connectivity index (χ1) is 10.3. The number of nitrogens with two attached hydrogens (primary N) is 1. The monoisotopic (exact) mass is 280 g/mol. The average Bonchev–Trinajstić information content (AvgIpc) is 3.38. The molecule has 1 atom stereocenters. The zero-order valence-corrected chi connectivity index (χ0v) is 12.5. The normalized spacial score (nSPS) is 20.1. The summed E-state index contributed by atoms with van der Waals surface area (Å²) in [5.74, 6) is 0.949. The molecule has 110 valence electrons. The van der Waals surface area contributed by atoms with E-state index in [0.717, 1.165) is 18.5 Å². The Morgan fingerprint density at radius 1 is 1.00 bits per heavy atom. The van der Waals surface area contributed by atoms with Crippen molar-refractivity contribution in [1.29, 1.82) is 0 Å². The molecule has 2 aliphatic carbocycles. The molecule has 2 nitrogen and oxygen atoms in total. The second kappa shape index (κ2) is 5.43. The Hall–Kier alpha value is -1.38. The molecule has 2 saturated carbocycles. The summed E-state index contributed by atoms with van der Waals surface area (Å²) in [6.07, 6.45) is 5.59. The highest BCUT2D eigenvalue weighted by atomic mass is 15.2. The molecule has 0 spiro atoms. The number of hydrogen-bond acceptors (Lipinski definition) is 2. The van der Waals surface area contributed by atoms with Crippen LogP contribution in [-0.4, -0.2) is 24.0 Å². The van der Waals surface area contributed by atoms with Gasteiger partial charge in [-0.1, -0.05) is 42.5 Å². The van der Waals surface area contributed by atoms with Crippen LogP contribution in [-0.2, 0) is 0 Å². The lowest BCUT2D eigenvalue weighted by atomic mass is 9.99. The van der Waals surface area contributed by atoms with Crippen molar-refractivity contribution < 1.29 is 0 Å². The molecule has 2 aliphatic rings. The van der Waals surface area contributed by atoms with Crippen LogP contribution in [0, 0.1) is 5.92 Å². The molecule has 0 saturated heterocycles. The minimum Gasteiger partial charge on any atom is -0.323 e. The maximum absolute atomic E-state index is 6.58. The van der Waals surface area contributed by atoms with Crippen molar-refractivity contribution in [3.63, 3.8) is 0 Å². The van der Waals surface area contributed by atoms with Crippen molar-refractivity contribution in [3.8, 4) is 0 Å². The molecule has 0 aromatic heterocycles. The Morgan fingerprint density at radius 3 is 2.52 bits per heavy atom. The van der Waals surface area contributed by atoms with Gasteiger partial charge in [0, 0.05) is 25.2 Å². The third-order valence-electron chi connectivity index (χ3n) is 4.91. The average molecular weight is 280 g/mol. The molecule has 2 aromatic rings. The van der Waals surface area contributed by atoms with Crippen LogP contribution in [0.25, 0.3) is 10.8 Å². The molecule has 0 aliphatic heterocycles. The number of nitrogens with zero attached hydrogens (tertiary/aromatic N) is 1. The summed E-state index contributed by atoms with van der Waals surface area (Å²) in [6, 6.07) is 16.0. The molecular weight excluding hydrogens is 256 g/mol. The van der Waals surface area contributed by atoms with Gasteiger partial charge in [-0.25, -0.2) is 0 Å². The molecule has 21 heavy (non-hydrogen) atoms. The van der Waals surface area contributed by atoms with Crippen LogP contribution in [0.2, 0.25) is 0 Å². The lowest BCUT2D eigenvalue weighted by molar-refractivity contribution is 0.238. The molecule has 2 N–H and O–H groups in total. The minimum atomic E-state index is 0.121. The second-order valence-corrected chi connectivity index (χ2v) is 6.80. The highest BCUT2D eigenvalue weighted by molar-refractivity contribution is 5.86. The van der Waals surface area contributed by atoms with Crippen LogP contribution >= 0.6 is 0 Å². The summed E-state index contributed by atoms with van der Waals surface area (Å²) in [7, 11) is 0. The van der Waals surface area contributed by atoms with E-state index < -0.39 is 0 Å². The van der Waals surface area contributed by atoms with Crippen LogP contribution in [0.1, 0.15) is 37.3 Å². The zero-order valence-electron chi connectivity index (χ0n) is 12.5. The van der Waals surface area contributed by atoms with Gasteiger partial charge in [-0.2, -0.15) is 0 Å². The molecule has 2 fully saturated rings. The van der Waals surface area contributed by atoms with Crippen molar-refractivity contribution in [2.45, 2.75) is 37.8 Å². The van der Waals surface area contributed by atoms with Gasteiger partial charge in [-0.15, -0.1) is 0 Å². The topological polar surface area (TPSA) is 29.3 Å². The van der Waals surface area contributed by atoms with E-state index in [1.165, 1.54) is 48.6 Å². The Morgan fingerprint density at radius 2 is 1.76 bits per heavy atom. The fourth-order valence-corrected chi connectivity index (χ4v) is 3.37. The van der Waals surface area contributed by atoms with Crippen LogP contribution in [0.5, 0.6) is 0 Å². The van der Waals surface area contributed by atoms with Crippen molar-refractivity contribution in [3.05, 3.63) is 48.0 Å². The Kier molecular flexibility index (Phi) is 3.44. The molecule has 0 heterocycles. The fourth-order valence-electron chi connectivity index (χ4n) is 3.37. The lowest BCUT2D eigenvalue weighted by Gasteiger charge is -2.26.